The number of aryl methyl sites for hydroxylation is 1. The summed E-state index contributed by atoms with van der Waals surface area (Å²) < 4.78 is 4.72. The predicted octanol–water partition coefficient (Wildman–Crippen LogP) is 5.73. The topological polar surface area (TPSA) is 8.81 Å². The van der Waals surface area contributed by atoms with E-state index in [2.05, 4.69) is 109 Å². The van der Waals surface area contributed by atoms with E-state index in [1.165, 1.54) is 30.4 Å². The number of hydrogen-bond acceptors (Lipinski definition) is 0. The molecule has 0 aliphatic heterocycles. The van der Waals surface area contributed by atoms with Crippen LogP contribution in [0.2, 0.25) is 0 Å². The first-order valence-electron chi connectivity index (χ1n) is 10.3. The summed E-state index contributed by atoms with van der Waals surface area (Å²) in [4.78, 5) is 0. The van der Waals surface area contributed by atoms with Crippen molar-refractivity contribution in [3.8, 4) is 0 Å². The zero-order valence-electron chi connectivity index (χ0n) is 17.0. The van der Waals surface area contributed by atoms with Crippen LogP contribution >= 0.6 is 0 Å². The number of aromatic nitrogens is 2. The Hall–Kier alpha value is -2.35. The van der Waals surface area contributed by atoms with Crippen LogP contribution in [0.1, 0.15) is 57.2 Å². The van der Waals surface area contributed by atoms with Crippen LogP contribution in [0.4, 0.5) is 0 Å². The van der Waals surface area contributed by atoms with Gasteiger partial charge in [0.2, 0.25) is 6.33 Å². The van der Waals surface area contributed by atoms with Crippen molar-refractivity contribution in [3.05, 3.63) is 90.5 Å². The molecule has 0 saturated heterocycles. The van der Waals surface area contributed by atoms with Crippen molar-refractivity contribution in [2.75, 3.05) is 0 Å². The van der Waals surface area contributed by atoms with E-state index in [0.717, 1.165) is 13.0 Å². The second-order valence-electron chi connectivity index (χ2n) is 7.93. The van der Waals surface area contributed by atoms with Crippen molar-refractivity contribution in [2.24, 2.45) is 0 Å². The SMILES string of the molecule is CCCCC[n+]1ccn(C(C)C(C)(Cc2ccccc2)c2ccccc2)c1. The molecule has 1 aromatic heterocycles. The molecule has 0 saturated carbocycles. The minimum absolute atomic E-state index is 0.0167. The van der Waals surface area contributed by atoms with Crippen LogP contribution in [0, 0.1) is 0 Å². The van der Waals surface area contributed by atoms with Crippen molar-refractivity contribution in [3.63, 3.8) is 0 Å². The summed E-state index contributed by atoms with van der Waals surface area (Å²) in [5.74, 6) is 0. The first-order chi connectivity index (χ1) is 13.1. The van der Waals surface area contributed by atoms with E-state index in [4.69, 9.17) is 0 Å². The zero-order chi connectivity index (χ0) is 19.1. The molecule has 3 aromatic rings. The van der Waals surface area contributed by atoms with Gasteiger partial charge in [-0.15, -0.1) is 0 Å². The number of nitrogens with zero attached hydrogens (tertiary/aromatic N) is 2. The number of imidazole rings is 1. The minimum Gasteiger partial charge on any atom is -0.237 e. The minimum atomic E-state index is 0.0167. The lowest BCUT2D eigenvalue weighted by molar-refractivity contribution is -0.697. The maximum Gasteiger partial charge on any atom is 0.243 e. The molecule has 0 aliphatic rings. The molecule has 3 rings (SSSR count). The Morgan fingerprint density at radius 3 is 2.30 bits per heavy atom. The van der Waals surface area contributed by atoms with Crippen LogP contribution in [0.15, 0.2) is 79.4 Å². The first-order valence-corrected chi connectivity index (χ1v) is 10.3. The van der Waals surface area contributed by atoms with Crippen LogP contribution in [-0.4, -0.2) is 4.57 Å². The van der Waals surface area contributed by atoms with Crippen LogP contribution in [0.25, 0.3) is 0 Å². The van der Waals surface area contributed by atoms with Gasteiger partial charge in [0.1, 0.15) is 18.4 Å². The fourth-order valence-corrected chi connectivity index (χ4v) is 3.98. The summed E-state index contributed by atoms with van der Waals surface area (Å²) in [5, 5.41) is 0. The molecule has 2 heteroatoms. The van der Waals surface area contributed by atoms with E-state index in [1.54, 1.807) is 0 Å². The fourth-order valence-electron chi connectivity index (χ4n) is 3.98. The van der Waals surface area contributed by atoms with Gasteiger partial charge in [0, 0.05) is 5.41 Å². The Bertz CT molecular complexity index is 807. The molecule has 27 heavy (non-hydrogen) atoms. The highest BCUT2D eigenvalue weighted by Gasteiger charge is 2.37. The zero-order valence-corrected chi connectivity index (χ0v) is 17.0. The number of rotatable bonds is 9. The monoisotopic (exact) mass is 361 g/mol. The Labute approximate surface area is 164 Å². The molecule has 0 amide bonds. The molecular weight excluding hydrogens is 328 g/mol. The molecule has 2 unspecified atom stereocenters. The van der Waals surface area contributed by atoms with Gasteiger partial charge in [-0.05, 0) is 37.3 Å². The lowest BCUT2D eigenvalue weighted by atomic mass is 9.72. The van der Waals surface area contributed by atoms with Crippen LogP contribution < -0.4 is 4.57 Å². The predicted molar refractivity (Wildman–Crippen MR) is 113 cm³/mol. The van der Waals surface area contributed by atoms with Gasteiger partial charge in [-0.3, -0.25) is 0 Å². The van der Waals surface area contributed by atoms with Crippen molar-refractivity contribution in [2.45, 2.75) is 64.5 Å². The summed E-state index contributed by atoms with van der Waals surface area (Å²) in [5.41, 5.74) is 2.80. The van der Waals surface area contributed by atoms with E-state index in [1.807, 2.05) is 0 Å². The summed E-state index contributed by atoms with van der Waals surface area (Å²) in [6, 6.07) is 22.2. The first kappa shape index (κ1) is 19.4. The second-order valence-corrected chi connectivity index (χ2v) is 7.93. The van der Waals surface area contributed by atoms with E-state index in [-0.39, 0.29) is 5.41 Å². The van der Waals surface area contributed by atoms with E-state index in [9.17, 15) is 0 Å². The molecule has 0 spiro atoms. The van der Waals surface area contributed by atoms with Gasteiger partial charge >= 0.3 is 0 Å². The molecule has 0 bridgehead atoms. The highest BCUT2D eigenvalue weighted by molar-refractivity contribution is 5.30. The van der Waals surface area contributed by atoms with Crippen LogP contribution in [-0.2, 0) is 18.4 Å². The van der Waals surface area contributed by atoms with Gasteiger partial charge in [-0.25, -0.2) is 9.13 Å². The average Bonchev–Trinajstić information content (AvgIpc) is 3.18. The summed E-state index contributed by atoms with van der Waals surface area (Å²) in [6.07, 6.45) is 11.6. The quantitative estimate of drug-likeness (QED) is 0.340. The summed E-state index contributed by atoms with van der Waals surface area (Å²) in [7, 11) is 0. The van der Waals surface area contributed by atoms with Crippen molar-refractivity contribution in [1.29, 1.82) is 0 Å². The third-order valence-corrected chi connectivity index (χ3v) is 5.95. The highest BCUT2D eigenvalue weighted by atomic mass is 15.1. The van der Waals surface area contributed by atoms with Crippen LogP contribution in [0.3, 0.4) is 0 Å². The Morgan fingerprint density at radius 2 is 1.63 bits per heavy atom. The number of benzene rings is 2. The van der Waals surface area contributed by atoms with Gasteiger partial charge in [0.25, 0.3) is 0 Å². The smallest absolute Gasteiger partial charge is 0.237 e. The molecule has 0 radical (unpaired) electrons. The molecule has 1 heterocycles. The molecule has 2 atom stereocenters. The lowest BCUT2D eigenvalue weighted by Gasteiger charge is -2.34. The van der Waals surface area contributed by atoms with Crippen molar-refractivity contribution in [1.82, 2.24) is 4.57 Å². The maximum atomic E-state index is 2.40. The third kappa shape index (κ3) is 4.68. The molecule has 142 valence electrons. The summed E-state index contributed by atoms with van der Waals surface area (Å²) in [6.45, 7) is 8.12. The Balaban J connectivity index is 1.88. The largest absolute Gasteiger partial charge is 0.243 e. The van der Waals surface area contributed by atoms with E-state index < -0.39 is 0 Å². The van der Waals surface area contributed by atoms with Crippen LogP contribution in [0.5, 0.6) is 0 Å². The standard InChI is InChI=1S/C25H33N2/c1-4-5-12-17-26-18-19-27(21-26)22(2)25(3,24-15-10-7-11-16-24)20-23-13-8-6-9-14-23/h6-11,13-16,18-19,21-22H,4-5,12,17,20H2,1-3H3/q+1. The fraction of sp³-hybridized carbons (Fsp3) is 0.400. The molecular formula is C25H33N2+. The normalized spacial score (nSPS) is 14.6. The van der Waals surface area contributed by atoms with Gasteiger partial charge in [0.05, 0.1) is 6.54 Å². The number of hydrogen-bond donors (Lipinski definition) is 0. The van der Waals surface area contributed by atoms with Gasteiger partial charge < -0.3 is 0 Å². The third-order valence-electron chi connectivity index (χ3n) is 5.95. The van der Waals surface area contributed by atoms with Crippen molar-refractivity contribution < 1.29 is 4.57 Å². The Kier molecular flexibility index (Phi) is 6.49. The highest BCUT2D eigenvalue weighted by Crippen LogP contribution is 2.38. The van der Waals surface area contributed by atoms with Gasteiger partial charge in [-0.1, -0.05) is 80.9 Å². The molecule has 0 N–H and O–H groups in total. The number of unbranched alkanes of at least 4 members (excludes halogenated alkanes) is 2. The van der Waals surface area contributed by atoms with Crippen molar-refractivity contribution >= 4 is 0 Å². The average molecular weight is 362 g/mol. The molecule has 0 fully saturated rings. The second kappa shape index (κ2) is 9.03. The molecule has 2 nitrogen and oxygen atoms in total. The van der Waals surface area contributed by atoms with Gasteiger partial charge in [-0.2, -0.15) is 0 Å². The van der Waals surface area contributed by atoms with E-state index in [0.29, 0.717) is 6.04 Å². The molecule has 0 aliphatic carbocycles. The molecule has 2 aromatic carbocycles. The van der Waals surface area contributed by atoms with E-state index >= 15 is 0 Å². The summed E-state index contributed by atoms with van der Waals surface area (Å²) >= 11 is 0. The Morgan fingerprint density at radius 1 is 0.963 bits per heavy atom. The van der Waals surface area contributed by atoms with Gasteiger partial charge in [0.15, 0.2) is 0 Å². The maximum absolute atomic E-state index is 2.40. The lowest BCUT2D eigenvalue weighted by Crippen LogP contribution is -2.36.